The first-order chi connectivity index (χ1) is 6.23. The molecule has 80 valence electrons. The highest BCUT2D eigenvalue weighted by atomic mass is 32.2. The van der Waals surface area contributed by atoms with E-state index < -0.39 is 21.3 Å². The fourth-order valence-corrected chi connectivity index (χ4v) is 2.17. The van der Waals surface area contributed by atoms with Gasteiger partial charge in [-0.15, -0.1) is 0 Å². The van der Waals surface area contributed by atoms with Crippen LogP contribution in [0.5, 0.6) is 0 Å². The molecule has 2 unspecified atom stereocenters. The molecule has 2 atom stereocenters. The lowest BCUT2D eigenvalue weighted by Crippen LogP contribution is -2.37. The lowest BCUT2D eigenvalue weighted by Gasteiger charge is -2.19. The summed E-state index contributed by atoms with van der Waals surface area (Å²) >= 11 is 0. The van der Waals surface area contributed by atoms with E-state index in [9.17, 15) is 13.2 Å². The van der Waals surface area contributed by atoms with Gasteiger partial charge in [-0.05, 0) is 13.3 Å². The molecule has 5 nitrogen and oxygen atoms in total. The van der Waals surface area contributed by atoms with Gasteiger partial charge in [-0.25, -0.2) is 13.1 Å². The lowest BCUT2D eigenvalue weighted by molar-refractivity contribution is -0.124. The predicted molar refractivity (Wildman–Crippen MR) is 52.8 cm³/mol. The molecule has 1 aliphatic rings. The Morgan fingerprint density at radius 3 is 2.57 bits per heavy atom. The number of carbonyl (C=O) groups excluding carboxylic acids is 1. The molecule has 0 fully saturated rings. The molecule has 1 amide bonds. The first kappa shape index (κ1) is 11.2. The highest BCUT2D eigenvalue weighted by Gasteiger charge is 2.36. The standard InChI is InChI=1S/C8H14N2O3S/c1-8(7(9)11)4-3-6(5-8)10-14(2,12)13/h3-4,6,10H,5H2,1-2H3,(H2,9,11). The molecule has 0 saturated carbocycles. The van der Waals surface area contributed by atoms with Crippen molar-refractivity contribution >= 4 is 15.9 Å². The normalized spacial score (nSPS) is 32.0. The molecule has 0 bridgehead atoms. The number of nitrogens with one attached hydrogen (secondary N) is 1. The van der Waals surface area contributed by atoms with Crippen molar-refractivity contribution in [2.24, 2.45) is 11.1 Å². The van der Waals surface area contributed by atoms with E-state index in [1.807, 2.05) is 0 Å². The van der Waals surface area contributed by atoms with Crippen LogP contribution in [-0.4, -0.2) is 26.6 Å². The van der Waals surface area contributed by atoms with Crippen LogP contribution in [0.1, 0.15) is 13.3 Å². The topological polar surface area (TPSA) is 89.3 Å². The highest BCUT2D eigenvalue weighted by Crippen LogP contribution is 2.31. The third kappa shape index (κ3) is 2.55. The number of hydrogen-bond donors (Lipinski definition) is 2. The van der Waals surface area contributed by atoms with Crippen molar-refractivity contribution < 1.29 is 13.2 Å². The van der Waals surface area contributed by atoms with Crippen LogP contribution in [0.15, 0.2) is 12.2 Å². The summed E-state index contributed by atoms with van der Waals surface area (Å²) in [5.74, 6) is -0.438. The van der Waals surface area contributed by atoms with E-state index in [0.717, 1.165) is 6.26 Å². The van der Waals surface area contributed by atoms with E-state index in [-0.39, 0.29) is 6.04 Å². The molecule has 1 aliphatic carbocycles. The maximum absolute atomic E-state index is 11.0. The maximum Gasteiger partial charge on any atom is 0.227 e. The summed E-state index contributed by atoms with van der Waals surface area (Å²) in [6, 6.07) is -0.331. The number of rotatable bonds is 3. The van der Waals surface area contributed by atoms with Gasteiger partial charge in [0, 0.05) is 6.04 Å². The van der Waals surface area contributed by atoms with Gasteiger partial charge < -0.3 is 5.73 Å². The minimum atomic E-state index is -3.24. The number of primary amides is 1. The van der Waals surface area contributed by atoms with Gasteiger partial charge in [0.1, 0.15) is 0 Å². The fraction of sp³-hybridized carbons (Fsp3) is 0.625. The van der Waals surface area contributed by atoms with Crippen molar-refractivity contribution in [1.82, 2.24) is 4.72 Å². The van der Waals surface area contributed by atoms with E-state index in [1.54, 1.807) is 19.1 Å². The highest BCUT2D eigenvalue weighted by molar-refractivity contribution is 7.88. The Hall–Kier alpha value is -0.880. The number of amides is 1. The summed E-state index contributed by atoms with van der Waals surface area (Å²) in [7, 11) is -3.24. The van der Waals surface area contributed by atoms with E-state index in [0.29, 0.717) is 6.42 Å². The zero-order valence-corrected chi connectivity index (χ0v) is 8.97. The van der Waals surface area contributed by atoms with Crippen molar-refractivity contribution in [1.29, 1.82) is 0 Å². The van der Waals surface area contributed by atoms with Gasteiger partial charge >= 0.3 is 0 Å². The average molecular weight is 218 g/mol. The number of hydrogen-bond acceptors (Lipinski definition) is 3. The van der Waals surface area contributed by atoms with Crippen molar-refractivity contribution in [3.63, 3.8) is 0 Å². The first-order valence-corrected chi connectivity index (χ1v) is 6.09. The van der Waals surface area contributed by atoms with Crippen LogP contribution in [0.25, 0.3) is 0 Å². The van der Waals surface area contributed by atoms with Gasteiger partial charge in [0.2, 0.25) is 15.9 Å². The minimum Gasteiger partial charge on any atom is -0.369 e. The fourth-order valence-electron chi connectivity index (χ4n) is 1.46. The number of nitrogens with two attached hydrogens (primary N) is 1. The summed E-state index contributed by atoms with van der Waals surface area (Å²) in [6.07, 6.45) is 4.78. The van der Waals surface area contributed by atoms with Gasteiger partial charge in [-0.1, -0.05) is 12.2 Å². The Morgan fingerprint density at radius 2 is 2.21 bits per heavy atom. The van der Waals surface area contributed by atoms with Crippen molar-refractivity contribution in [3.8, 4) is 0 Å². The molecule has 0 aromatic carbocycles. The third-order valence-electron chi connectivity index (χ3n) is 2.27. The SMILES string of the molecule is CC1(C(N)=O)C=CC(NS(C)(=O)=O)C1. The Bertz CT molecular complexity index is 374. The molecule has 3 N–H and O–H groups in total. The van der Waals surface area contributed by atoms with E-state index in [1.165, 1.54) is 0 Å². The minimum absolute atomic E-state index is 0.331. The second kappa shape index (κ2) is 3.36. The van der Waals surface area contributed by atoms with Crippen LogP contribution in [0, 0.1) is 5.41 Å². The molecular weight excluding hydrogens is 204 g/mol. The summed E-state index contributed by atoms with van der Waals surface area (Å²) < 4.78 is 24.2. The van der Waals surface area contributed by atoms with Crippen LogP contribution in [0.3, 0.4) is 0 Å². The van der Waals surface area contributed by atoms with Crippen LogP contribution in [0.4, 0.5) is 0 Å². The monoisotopic (exact) mass is 218 g/mol. The van der Waals surface area contributed by atoms with Crippen LogP contribution in [-0.2, 0) is 14.8 Å². The van der Waals surface area contributed by atoms with Gasteiger partial charge in [-0.3, -0.25) is 4.79 Å². The Kier molecular flexibility index (Phi) is 2.69. The second-order valence-electron chi connectivity index (χ2n) is 3.84. The van der Waals surface area contributed by atoms with Gasteiger partial charge in [0.15, 0.2) is 0 Å². The van der Waals surface area contributed by atoms with Gasteiger partial charge in [0.25, 0.3) is 0 Å². The summed E-state index contributed by atoms with van der Waals surface area (Å²) in [5.41, 5.74) is 4.46. The van der Waals surface area contributed by atoms with Crippen LogP contribution in [0.2, 0.25) is 0 Å². The summed E-state index contributed by atoms with van der Waals surface area (Å²) in [4.78, 5) is 11.0. The molecule has 0 saturated heterocycles. The Morgan fingerprint density at radius 1 is 1.64 bits per heavy atom. The molecule has 1 rings (SSSR count). The van der Waals surface area contributed by atoms with Crippen LogP contribution < -0.4 is 10.5 Å². The van der Waals surface area contributed by atoms with Crippen molar-refractivity contribution in [2.75, 3.05) is 6.26 Å². The molecule has 0 heterocycles. The maximum atomic E-state index is 11.0. The molecule has 0 aromatic rings. The number of carbonyl (C=O) groups is 1. The van der Waals surface area contributed by atoms with E-state index in [4.69, 9.17) is 5.73 Å². The quantitative estimate of drug-likeness (QED) is 0.617. The largest absolute Gasteiger partial charge is 0.369 e. The third-order valence-corrected chi connectivity index (χ3v) is 3.00. The predicted octanol–water partition coefficient (Wildman–Crippen LogP) is -0.644. The molecular formula is C8H14N2O3S. The van der Waals surface area contributed by atoms with Gasteiger partial charge in [-0.2, -0.15) is 0 Å². The van der Waals surface area contributed by atoms with Crippen LogP contribution >= 0.6 is 0 Å². The number of sulfonamides is 1. The zero-order valence-electron chi connectivity index (χ0n) is 8.15. The average Bonchev–Trinajstić information content (AvgIpc) is 2.29. The van der Waals surface area contributed by atoms with Crippen molar-refractivity contribution in [2.45, 2.75) is 19.4 Å². The second-order valence-corrected chi connectivity index (χ2v) is 5.62. The van der Waals surface area contributed by atoms with E-state index in [2.05, 4.69) is 4.72 Å². The molecule has 0 radical (unpaired) electrons. The molecule has 14 heavy (non-hydrogen) atoms. The van der Waals surface area contributed by atoms with Crippen molar-refractivity contribution in [3.05, 3.63) is 12.2 Å². The lowest BCUT2D eigenvalue weighted by atomic mass is 9.89. The summed E-state index contributed by atoms with van der Waals surface area (Å²) in [5, 5.41) is 0. The Labute approximate surface area is 83.4 Å². The van der Waals surface area contributed by atoms with Gasteiger partial charge in [0.05, 0.1) is 11.7 Å². The molecule has 6 heteroatoms. The smallest absolute Gasteiger partial charge is 0.227 e. The molecule has 0 aromatic heterocycles. The zero-order chi connectivity index (χ0) is 11.0. The first-order valence-electron chi connectivity index (χ1n) is 4.19. The molecule has 0 aliphatic heterocycles. The van der Waals surface area contributed by atoms with E-state index >= 15 is 0 Å². The Balaban J connectivity index is 2.69. The molecule has 0 spiro atoms. The summed E-state index contributed by atoms with van der Waals surface area (Å²) in [6.45, 7) is 1.69.